The van der Waals surface area contributed by atoms with E-state index >= 15 is 0 Å². The first-order chi connectivity index (χ1) is 9.77. The number of carbonyl (C=O) groups is 1. The van der Waals surface area contributed by atoms with Crippen LogP contribution in [0.2, 0.25) is 0 Å². The van der Waals surface area contributed by atoms with E-state index < -0.39 is 5.97 Å². The quantitative estimate of drug-likeness (QED) is 0.365. The molecule has 0 saturated carbocycles. The summed E-state index contributed by atoms with van der Waals surface area (Å²) in [4.78, 5) is 10.3. The summed E-state index contributed by atoms with van der Waals surface area (Å²) in [7, 11) is 0. The standard InChI is InChI=1S/C18H24O2/c1-2-3-4-5-6-7-8-9-10-11-12-13-14-15-16-17-18(19)20/h2,9-10H,1,3,8,11-17H2,(H,19,20)/b10-9-. The van der Waals surface area contributed by atoms with E-state index in [1.165, 1.54) is 6.42 Å². The van der Waals surface area contributed by atoms with Crippen LogP contribution in [0.4, 0.5) is 0 Å². The van der Waals surface area contributed by atoms with Gasteiger partial charge in [0, 0.05) is 19.3 Å². The number of aliphatic carboxylic acids is 1. The second-order valence-corrected chi connectivity index (χ2v) is 4.47. The van der Waals surface area contributed by atoms with Crippen molar-refractivity contribution in [1.82, 2.24) is 0 Å². The fraction of sp³-hybridized carbons (Fsp3) is 0.500. The Morgan fingerprint density at radius 2 is 1.60 bits per heavy atom. The molecule has 2 nitrogen and oxygen atoms in total. The Morgan fingerprint density at radius 3 is 2.30 bits per heavy atom. The number of rotatable bonds is 10. The Balaban J connectivity index is 3.34. The highest BCUT2D eigenvalue weighted by Crippen LogP contribution is 2.07. The zero-order chi connectivity index (χ0) is 14.9. The van der Waals surface area contributed by atoms with Crippen LogP contribution in [0.5, 0.6) is 0 Å². The molecular weight excluding hydrogens is 248 g/mol. The molecule has 0 rings (SSSR count). The molecule has 0 bridgehead atoms. The molecule has 0 aromatic rings. The van der Waals surface area contributed by atoms with Gasteiger partial charge >= 0.3 is 5.97 Å². The maximum absolute atomic E-state index is 10.3. The molecule has 0 aromatic carbocycles. The summed E-state index contributed by atoms with van der Waals surface area (Å²) in [5.74, 6) is 10.7. The maximum atomic E-state index is 10.3. The third-order valence-electron chi connectivity index (χ3n) is 2.63. The predicted molar refractivity (Wildman–Crippen MR) is 84.1 cm³/mol. The van der Waals surface area contributed by atoms with E-state index in [4.69, 9.17) is 5.11 Å². The van der Waals surface area contributed by atoms with E-state index in [2.05, 4.69) is 42.4 Å². The molecule has 1 N–H and O–H groups in total. The Morgan fingerprint density at radius 1 is 0.950 bits per heavy atom. The minimum Gasteiger partial charge on any atom is -0.481 e. The zero-order valence-corrected chi connectivity index (χ0v) is 12.2. The smallest absolute Gasteiger partial charge is 0.303 e. The summed E-state index contributed by atoms with van der Waals surface area (Å²) in [6.07, 6.45) is 14.1. The first kappa shape index (κ1) is 18.1. The third-order valence-corrected chi connectivity index (χ3v) is 2.63. The highest BCUT2D eigenvalue weighted by molar-refractivity contribution is 5.66. The average molecular weight is 272 g/mol. The van der Waals surface area contributed by atoms with Crippen LogP contribution in [-0.4, -0.2) is 11.1 Å². The lowest BCUT2D eigenvalue weighted by molar-refractivity contribution is -0.137. The van der Waals surface area contributed by atoms with E-state index in [9.17, 15) is 4.79 Å². The van der Waals surface area contributed by atoms with Crippen LogP contribution >= 0.6 is 0 Å². The molecule has 0 fully saturated rings. The van der Waals surface area contributed by atoms with Gasteiger partial charge in [0.15, 0.2) is 0 Å². The molecule has 0 heterocycles. The van der Waals surface area contributed by atoms with Crippen molar-refractivity contribution in [2.45, 2.75) is 57.8 Å². The van der Waals surface area contributed by atoms with Gasteiger partial charge in [-0.3, -0.25) is 4.79 Å². The molecule has 108 valence electrons. The van der Waals surface area contributed by atoms with E-state index in [1.54, 1.807) is 6.08 Å². The number of unbranched alkanes of at least 4 members (excludes halogenated alkanes) is 5. The molecule has 20 heavy (non-hydrogen) atoms. The molecule has 0 aromatic heterocycles. The number of hydrogen-bond donors (Lipinski definition) is 1. The zero-order valence-electron chi connectivity index (χ0n) is 12.2. The number of allylic oxidation sites excluding steroid dienone is 3. The minimum absolute atomic E-state index is 0.300. The van der Waals surface area contributed by atoms with Gasteiger partial charge < -0.3 is 5.11 Å². The van der Waals surface area contributed by atoms with Crippen LogP contribution in [0.1, 0.15) is 57.8 Å². The van der Waals surface area contributed by atoms with Crippen LogP contribution in [-0.2, 0) is 4.79 Å². The normalized spacial score (nSPS) is 9.40. The van der Waals surface area contributed by atoms with E-state index in [0.29, 0.717) is 12.8 Å². The van der Waals surface area contributed by atoms with Gasteiger partial charge in [0.2, 0.25) is 0 Å². The van der Waals surface area contributed by atoms with E-state index in [0.717, 1.165) is 38.5 Å². The van der Waals surface area contributed by atoms with E-state index in [1.807, 2.05) is 0 Å². The van der Waals surface area contributed by atoms with Gasteiger partial charge in [-0.05, 0) is 31.1 Å². The molecule has 2 heteroatoms. The summed E-state index contributed by atoms with van der Waals surface area (Å²) >= 11 is 0. The minimum atomic E-state index is -0.691. The van der Waals surface area contributed by atoms with Gasteiger partial charge in [-0.1, -0.05) is 49.3 Å². The molecule has 0 aliphatic carbocycles. The Labute approximate surface area is 123 Å². The van der Waals surface area contributed by atoms with Crippen LogP contribution in [0.25, 0.3) is 0 Å². The summed E-state index contributed by atoms with van der Waals surface area (Å²) in [6, 6.07) is 0. The molecule has 0 atom stereocenters. The van der Waals surface area contributed by atoms with Crippen LogP contribution in [0, 0.1) is 23.7 Å². The first-order valence-corrected chi connectivity index (χ1v) is 7.20. The highest BCUT2D eigenvalue weighted by Gasteiger charge is 1.95. The average Bonchev–Trinajstić information content (AvgIpc) is 2.43. The second-order valence-electron chi connectivity index (χ2n) is 4.47. The number of carboxylic acids is 1. The third kappa shape index (κ3) is 16.1. The molecule has 0 aliphatic rings. The van der Waals surface area contributed by atoms with Gasteiger partial charge in [0.05, 0.1) is 0 Å². The fourth-order valence-electron chi connectivity index (χ4n) is 1.59. The van der Waals surface area contributed by atoms with Crippen LogP contribution < -0.4 is 0 Å². The Hall–Kier alpha value is -1.93. The molecule has 0 amide bonds. The lowest BCUT2D eigenvalue weighted by Crippen LogP contribution is -1.93. The lowest BCUT2D eigenvalue weighted by Gasteiger charge is -1.97. The molecule has 0 radical (unpaired) electrons. The van der Waals surface area contributed by atoms with Crippen LogP contribution in [0.15, 0.2) is 24.8 Å². The van der Waals surface area contributed by atoms with Gasteiger partial charge in [0.25, 0.3) is 0 Å². The predicted octanol–water partition coefficient (Wildman–Crippen LogP) is 4.33. The van der Waals surface area contributed by atoms with Gasteiger partial charge in [-0.15, -0.1) is 6.58 Å². The van der Waals surface area contributed by atoms with E-state index in [-0.39, 0.29) is 0 Å². The van der Waals surface area contributed by atoms with Crippen molar-refractivity contribution in [3.8, 4) is 23.7 Å². The Bertz CT molecular complexity index is 410. The lowest BCUT2D eigenvalue weighted by atomic mass is 10.1. The fourth-order valence-corrected chi connectivity index (χ4v) is 1.59. The monoisotopic (exact) mass is 272 g/mol. The van der Waals surface area contributed by atoms with Crippen molar-refractivity contribution in [2.24, 2.45) is 0 Å². The molecular formula is C18H24O2. The second kappa shape index (κ2) is 15.1. The maximum Gasteiger partial charge on any atom is 0.303 e. The van der Waals surface area contributed by atoms with Gasteiger partial charge in [-0.25, -0.2) is 0 Å². The molecule has 0 aliphatic heterocycles. The van der Waals surface area contributed by atoms with Crippen molar-refractivity contribution in [2.75, 3.05) is 0 Å². The summed E-state index contributed by atoms with van der Waals surface area (Å²) < 4.78 is 0. The summed E-state index contributed by atoms with van der Waals surface area (Å²) in [6.45, 7) is 3.58. The van der Waals surface area contributed by atoms with Gasteiger partial charge in [-0.2, -0.15) is 0 Å². The summed E-state index contributed by atoms with van der Waals surface area (Å²) in [5.41, 5.74) is 0. The van der Waals surface area contributed by atoms with Crippen molar-refractivity contribution in [1.29, 1.82) is 0 Å². The van der Waals surface area contributed by atoms with Crippen molar-refractivity contribution >= 4 is 5.97 Å². The molecule has 0 unspecified atom stereocenters. The highest BCUT2D eigenvalue weighted by atomic mass is 16.4. The van der Waals surface area contributed by atoms with Gasteiger partial charge in [0.1, 0.15) is 0 Å². The Kier molecular flexibility index (Phi) is 13.7. The number of carboxylic acid groups (broad SMARTS) is 1. The molecule has 0 saturated heterocycles. The van der Waals surface area contributed by atoms with Crippen molar-refractivity contribution in [3.05, 3.63) is 24.8 Å². The van der Waals surface area contributed by atoms with Crippen molar-refractivity contribution in [3.63, 3.8) is 0 Å². The molecule has 0 spiro atoms. The largest absolute Gasteiger partial charge is 0.481 e. The first-order valence-electron chi connectivity index (χ1n) is 7.20. The van der Waals surface area contributed by atoms with Crippen molar-refractivity contribution < 1.29 is 9.90 Å². The topological polar surface area (TPSA) is 37.3 Å². The summed E-state index contributed by atoms with van der Waals surface area (Å²) in [5, 5.41) is 8.48. The SMILES string of the molecule is C=CCC#CC#CC/C=C\CCCCCCCC(=O)O. The number of hydrogen-bond acceptors (Lipinski definition) is 1. The van der Waals surface area contributed by atoms with Crippen LogP contribution in [0.3, 0.4) is 0 Å².